The van der Waals surface area contributed by atoms with E-state index in [0.29, 0.717) is 23.9 Å². The van der Waals surface area contributed by atoms with Crippen LogP contribution in [0.5, 0.6) is 0 Å². The van der Waals surface area contributed by atoms with Crippen molar-refractivity contribution in [3.63, 3.8) is 0 Å². The van der Waals surface area contributed by atoms with E-state index in [1.165, 1.54) is 263 Å². The van der Waals surface area contributed by atoms with Gasteiger partial charge in [0, 0.05) is 12.8 Å². The topological polar surface area (TPSA) is 111 Å². The van der Waals surface area contributed by atoms with Crippen molar-refractivity contribution in [2.75, 3.05) is 40.9 Å². The van der Waals surface area contributed by atoms with Crippen molar-refractivity contribution < 1.29 is 37.3 Å². The minimum Gasteiger partial charge on any atom is -0.456 e. The Kier molecular flexibility index (Phi) is 60.0. The van der Waals surface area contributed by atoms with Crippen LogP contribution in [-0.2, 0) is 27.9 Å². The van der Waals surface area contributed by atoms with E-state index in [9.17, 15) is 19.0 Å². The minimum atomic E-state index is -4.45. The standard InChI is InChI=1S/C71H137N2O7P/c1-7-10-13-16-19-22-25-27-29-31-33-34-35-36-37-38-40-42-44-46-49-52-55-58-61-64-71(75)80-69(62-59-56-53-50-47-24-21-18-15-12-9-3)68(67-79-81(76,77)78-66-65-73(4,5)6)72-70(74)63-60-57-54-51-48-45-43-41-39-32-30-28-26-23-20-17-14-11-8-2/h27-30,59,62,68-69H,7-26,31-58,60-61,63-67H2,1-6H3,(H-,72,74,76,77)/p+1/b29-27+,30-28+,62-59-. The number of nitrogens with one attached hydrogen (secondary N) is 1. The van der Waals surface area contributed by atoms with Crippen molar-refractivity contribution in [1.29, 1.82) is 0 Å². The summed E-state index contributed by atoms with van der Waals surface area (Å²) in [7, 11) is 1.51. The van der Waals surface area contributed by atoms with Gasteiger partial charge in [-0.25, -0.2) is 4.57 Å². The van der Waals surface area contributed by atoms with E-state index in [-0.39, 0.29) is 25.1 Å². The molecule has 1 amide bonds. The molecule has 0 aliphatic carbocycles. The zero-order valence-electron chi connectivity index (χ0n) is 54.8. The number of allylic oxidation sites excluding steroid dienone is 5. The van der Waals surface area contributed by atoms with Crippen LogP contribution >= 0.6 is 7.82 Å². The van der Waals surface area contributed by atoms with Crippen LogP contribution in [0.25, 0.3) is 0 Å². The Morgan fingerprint density at radius 3 is 1.05 bits per heavy atom. The molecule has 81 heavy (non-hydrogen) atoms. The number of rotatable bonds is 65. The molecule has 0 saturated heterocycles. The highest BCUT2D eigenvalue weighted by Gasteiger charge is 2.30. The van der Waals surface area contributed by atoms with E-state index in [1.54, 1.807) is 0 Å². The van der Waals surface area contributed by atoms with Crippen molar-refractivity contribution in [2.45, 2.75) is 367 Å². The van der Waals surface area contributed by atoms with E-state index in [1.807, 2.05) is 33.3 Å². The van der Waals surface area contributed by atoms with Crippen molar-refractivity contribution in [2.24, 2.45) is 0 Å². The van der Waals surface area contributed by atoms with Gasteiger partial charge in [0.25, 0.3) is 0 Å². The third-order valence-corrected chi connectivity index (χ3v) is 17.0. The summed E-state index contributed by atoms with van der Waals surface area (Å²) in [6.07, 6.45) is 75.9. The second kappa shape index (κ2) is 61.3. The maximum Gasteiger partial charge on any atom is 0.472 e. The van der Waals surface area contributed by atoms with Crippen LogP contribution in [-0.4, -0.2) is 74.3 Å². The molecule has 0 bridgehead atoms. The molecule has 0 heterocycles. The lowest BCUT2D eigenvalue weighted by molar-refractivity contribution is -0.870. The lowest BCUT2D eigenvalue weighted by Crippen LogP contribution is -2.47. The summed E-state index contributed by atoms with van der Waals surface area (Å²) in [5, 5.41) is 3.07. The predicted molar refractivity (Wildman–Crippen MR) is 351 cm³/mol. The number of likely N-dealkylation sites (N-methyl/N-ethyl adjacent to an activating group) is 1. The van der Waals surface area contributed by atoms with Gasteiger partial charge < -0.3 is 19.4 Å². The molecular formula is C71H138N2O7P+. The number of nitrogens with zero attached hydrogens (tertiary/aromatic N) is 1. The summed E-state index contributed by atoms with van der Waals surface area (Å²) >= 11 is 0. The SMILES string of the molecule is CCCCCCCC/C=C/CCCCCCCCCCCCCCCCCC(=O)OC(/C=C\CCCCCCCCCCC)C(COP(=O)(O)OCC[N+](C)(C)C)NC(=O)CCCCCCCCCCC/C=C/CCCCCCCC. The quantitative estimate of drug-likeness (QED) is 0.0205. The zero-order chi connectivity index (χ0) is 59.3. The van der Waals surface area contributed by atoms with E-state index in [0.717, 1.165) is 57.8 Å². The third-order valence-electron chi connectivity index (χ3n) is 16.1. The van der Waals surface area contributed by atoms with Crippen molar-refractivity contribution in [1.82, 2.24) is 5.32 Å². The van der Waals surface area contributed by atoms with Crippen molar-refractivity contribution in [3.05, 3.63) is 36.5 Å². The number of carbonyl (C=O) groups is 2. The molecule has 10 heteroatoms. The number of hydrogen-bond donors (Lipinski definition) is 2. The molecule has 0 aliphatic heterocycles. The number of carbonyl (C=O) groups excluding carboxylic acids is 2. The second-order valence-corrected chi connectivity index (χ2v) is 26.9. The lowest BCUT2D eigenvalue weighted by Gasteiger charge is -2.27. The highest BCUT2D eigenvalue weighted by atomic mass is 31.2. The summed E-state index contributed by atoms with van der Waals surface area (Å²) < 4.78 is 30.8. The number of esters is 1. The van der Waals surface area contributed by atoms with Crippen LogP contribution in [0.4, 0.5) is 0 Å². The number of phosphoric ester groups is 1. The third kappa shape index (κ3) is 62.6. The molecule has 0 aromatic heterocycles. The van der Waals surface area contributed by atoms with Gasteiger partial charge in [-0.05, 0) is 83.1 Å². The molecule has 0 radical (unpaired) electrons. The first-order valence-electron chi connectivity index (χ1n) is 35.3. The Balaban J connectivity index is 5.00. The number of quaternary nitrogens is 1. The lowest BCUT2D eigenvalue weighted by atomic mass is 10.0. The smallest absolute Gasteiger partial charge is 0.456 e. The molecule has 0 rings (SSSR count). The number of phosphoric acid groups is 1. The fourth-order valence-electron chi connectivity index (χ4n) is 10.6. The Labute approximate surface area is 504 Å². The highest BCUT2D eigenvalue weighted by molar-refractivity contribution is 7.47. The number of ether oxygens (including phenoxy) is 1. The highest BCUT2D eigenvalue weighted by Crippen LogP contribution is 2.43. The van der Waals surface area contributed by atoms with Crippen LogP contribution in [0, 0.1) is 0 Å². The first-order valence-corrected chi connectivity index (χ1v) is 36.8. The fourth-order valence-corrected chi connectivity index (χ4v) is 11.3. The largest absolute Gasteiger partial charge is 0.472 e. The minimum absolute atomic E-state index is 0.0423. The summed E-state index contributed by atoms with van der Waals surface area (Å²) in [5.41, 5.74) is 0. The summed E-state index contributed by atoms with van der Waals surface area (Å²) in [4.78, 5) is 37.8. The normalized spacial score (nSPS) is 13.7. The molecule has 2 N–H and O–H groups in total. The monoisotopic (exact) mass is 1160 g/mol. The van der Waals surface area contributed by atoms with Crippen LogP contribution in [0.1, 0.15) is 355 Å². The average molecular weight is 1160 g/mol. The molecule has 0 aromatic rings. The molecule has 478 valence electrons. The maximum atomic E-state index is 13.6. The molecule has 3 unspecified atom stereocenters. The molecule has 0 fully saturated rings. The maximum absolute atomic E-state index is 13.6. The Hall–Kier alpha value is -1.77. The fraction of sp³-hybridized carbons (Fsp3) is 0.887. The molecule has 9 nitrogen and oxygen atoms in total. The van der Waals surface area contributed by atoms with Gasteiger partial charge in [0.15, 0.2) is 0 Å². The number of unbranched alkanes of at least 4 members (excludes halogenated alkanes) is 45. The zero-order valence-corrected chi connectivity index (χ0v) is 55.7. The van der Waals surface area contributed by atoms with E-state index < -0.39 is 20.0 Å². The van der Waals surface area contributed by atoms with Crippen molar-refractivity contribution >= 4 is 19.7 Å². The van der Waals surface area contributed by atoms with E-state index in [4.69, 9.17) is 13.8 Å². The average Bonchev–Trinajstić information content (AvgIpc) is 3.43. The molecule has 0 spiro atoms. The Morgan fingerprint density at radius 1 is 0.420 bits per heavy atom. The van der Waals surface area contributed by atoms with Gasteiger partial charge in [-0.15, -0.1) is 0 Å². The first kappa shape index (κ1) is 79.2. The van der Waals surface area contributed by atoms with Crippen LogP contribution in [0.2, 0.25) is 0 Å². The van der Waals surface area contributed by atoms with Crippen LogP contribution < -0.4 is 5.32 Å². The summed E-state index contributed by atoms with van der Waals surface area (Å²) in [5.74, 6) is -0.490. The molecule has 0 saturated carbocycles. The van der Waals surface area contributed by atoms with Crippen LogP contribution in [0.15, 0.2) is 36.5 Å². The van der Waals surface area contributed by atoms with E-state index in [2.05, 4.69) is 50.4 Å². The molecule has 3 atom stereocenters. The van der Waals surface area contributed by atoms with Gasteiger partial charge in [0.2, 0.25) is 5.91 Å². The van der Waals surface area contributed by atoms with Crippen molar-refractivity contribution in [3.8, 4) is 0 Å². The summed E-state index contributed by atoms with van der Waals surface area (Å²) in [6.45, 7) is 7.05. The summed E-state index contributed by atoms with van der Waals surface area (Å²) in [6, 6.07) is -0.846. The second-order valence-electron chi connectivity index (χ2n) is 25.4. The van der Waals surface area contributed by atoms with Gasteiger partial charge in [0.05, 0.1) is 33.8 Å². The van der Waals surface area contributed by atoms with Gasteiger partial charge in [0.1, 0.15) is 19.3 Å². The number of hydrogen-bond acceptors (Lipinski definition) is 6. The Morgan fingerprint density at radius 2 is 0.716 bits per heavy atom. The molecular weight excluding hydrogens is 1020 g/mol. The van der Waals surface area contributed by atoms with Gasteiger partial charge >= 0.3 is 13.8 Å². The molecule has 0 aromatic carbocycles. The predicted octanol–water partition coefficient (Wildman–Crippen LogP) is 22.2. The first-order chi connectivity index (χ1) is 39.4. The Bertz CT molecular complexity index is 1480. The molecule has 0 aliphatic rings. The van der Waals surface area contributed by atoms with Gasteiger partial charge in [-0.3, -0.25) is 18.6 Å². The number of amides is 1. The van der Waals surface area contributed by atoms with Crippen LogP contribution in [0.3, 0.4) is 0 Å². The van der Waals surface area contributed by atoms with Gasteiger partial charge in [-0.2, -0.15) is 0 Å². The van der Waals surface area contributed by atoms with Gasteiger partial charge in [-0.1, -0.05) is 295 Å². The van der Waals surface area contributed by atoms with E-state index >= 15 is 0 Å².